The van der Waals surface area contributed by atoms with Gasteiger partial charge in [-0.05, 0) is 30.3 Å². The lowest BCUT2D eigenvalue weighted by atomic mass is 10.2. The molecule has 0 bridgehead atoms. The molecule has 2 N–H and O–H groups in total. The van der Waals surface area contributed by atoms with Crippen LogP contribution in [0.25, 0.3) is 0 Å². The Morgan fingerprint density at radius 3 is 2.33 bits per heavy atom. The van der Waals surface area contributed by atoms with Gasteiger partial charge in [0.1, 0.15) is 17.3 Å². The van der Waals surface area contributed by atoms with Crippen LogP contribution in [0, 0.1) is 5.82 Å². The SMILES string of the molecule is COc1ccc(NC(=O)C(=O)Nc2ccc(F)c(Cl)c2)c(OC)c1. The summed E-state index contributed by atoms with van der Waals surface area (Å²) in [4.78, 5) is 23.9. The van der Waals surface area contributed by atoms with Crippen LogP contribution in [-0.4, -0.2) is 26.0 Å². The number of hydrogen-bond acceptors (Lipinski definition) is 4. The van der Waals surface area contributed by atoms with Gasteiger partial charge >= 0.3 is 11.8 Å². The van der Waals surface area contributed by atoms with Gasteiger partial charge in [-0.3, -0.25) is 9.59 Å². The summed E-state index contributed by atoms with van der Waals surface area (Å²) in [7, 11) is 2.92. The molecule has 8 heteroatoms. The first-order valence-electron chi connectivity index (χ1n) is 6.74. The van der Waals surface area contributed by atoms with Crippen molar-refractivity contribution in [2.75, 3.05) is 24.9 Å². The Morgan fingerprint density at radius 2 is 1.71 bits per heavy atom. The number of carbonyl (C=O) groups excluding carboxylic acids is 2. The molecule has 2 amide bonds. The molecule has 6 nitrogen and oxygen atoms in total. The highest BCUT2D eigenvalue weighted by atomic mass is 35.5. The lowest BCUT2D eigenvalue weighted by Crippen LogP contribution is -2.29. The van der Waals surface area contributed by atoms with Gasteiger partial charge in [-0.25, -0.2) is 4.39 Å². The first-order valence-corrected chi connectivity index (χ1v) is 7.11. The van der Waals surface area contributed by atoms with E-state index in [1.165, 1.54) is 32.4 Å². The van der Waals surface area contributed by atoms with E-state index in [2.05, 4.69) is 10.6 Å². The molecule has 0 aliphatic rings. The minimum Gasteiger partial charge on any atom is -0.497 e. The highest BCUT2D eigenvalue weighted by molar-refractivity contribution is 6.44. The predicted octanol–water partition coefficient (Wildman–Crippen LogP) is 3.07. The van der Waals surface area contributed by atoms with Crippen molar-refractivity contribution in [3.8, 4) is 11.5 Å². The van der Waals surface area contributed by atoms with Crippen LogP contribution in [0.3, 0.4) is 0 Å². The van der Waals surface area contributed by atoms with Crippen molar-refractivity contribution in [1.82, 2.24) is 0 Å². The Balaban J connectivity index is 2.08. The van der Waals surface area contributed by atoms with E-state index in [1.807, 2.05) is 0 Å². The van der Waals surface area contributed by atoms with Gasteiger partial charge in [-0.15, -0.1) is 0 Å². The van der Waals surface area contributed by atoms with Crippen LogP contribution < -0.4 is 20.1 Å². The lowest BCUT2D eigenvalue weighted by Gasteiger charge is -2.11. The second kappa shape index (κ2) is 7.65. The molecule has 0 saturated carbocycles. The monoisotopic (exact) mass is 352 g/mol. The zero-order valence-electron chi connectivity index (χ0n) is 12.9. The molecule has 2 aromatic rings. The van der Waals surface area contributed by atoms with Gasteiger partial charge in [-0.2, -0.15) is 0 Å². The van der Waals surface area contributed by atoms with Gasteiger partial charge in [0.25, 0.3) is 0 Å². The summed E-state index contributed by atoms with van der Waals surface area (Å²) in [6.07, 6.45) is 0. The molecule has 0 spiro atoms. The molecule has 2 rings (SSSR count). The van der Waals surface area contributed by atoms with E-state index in [0.29, 0.717) is 17.2 Å². The molecular formula is C16H14ClFN2O4. The van der Waals surface area contributed by atoms with Gasteiger partial charge in [0.2, 0.25) is 0 Å². The second-order valence-electron chi connectivity index (χ2n) is 4.60. The topological polar surface area (TPSA) is 76.7 Å². The molecule has 0 aromatic heterocycles. The maximum atomic E-state index is 13.1. The number of methoxy groups -OCH3 is 2. The van der Waals surface area contributed by atoms with E-state index in [0.717, 1.165) is 6.07 Å². The molecule has 0 aliphatic heterocycles. The molecule has 0 fully saturated rings. The summed E-state index contributed by atoms with van der Waals surface area (Å²) in [5.41, 5.74) is 0.499. The molecule has 0 atom stereocenters. The lowest BCUT2D eigenvalue weighted by molar-refractivity contribution is -0.133. The molecule has 0 aliphatic carbocycles. The van der Waals surface area contributed by atoms with Crippen molar-refractivity contribution in [1.29, 1.82) is 0 Å². The molecule has 0 radical (unpaired) electrons. The standard InChI is InChI=1S/C16H14ClFN2O4/c1-23-10-4-6-13(14(8-10)24-2)20-16(22)15(21)19-9-3-5-12(18)11(17)7-9/h3-8H,1-2H3,(H,19,21)(H,20,22). The van der Waals surface area contributed by atoms with Crippen molar-refractivity contribution in [2.24, 2.45) is 0 Å². The molecule has 0 unspecified atom stereocenters. The van der Waals surface area contributed by atoms with E-state index in [4.69, 9.17) is 21.1 Å². The smallest absolute Gasteiger partial charge is 0.314 e. The van der Waals surface area contributed by atoms with Crippen LogP contribution in [0.2, 0.25) is 5.02 Å². The minimum absolute atomic E-state index is 0.162. The number of rotatable bonds is 4. The summed E-state index contributed by atoms with van der Waals surface area (Å²) in [6, 6.07) is 8.29. The summed E-state index contributed by atoms with van der Waals surface area (Å²) in [5, 5.41) is 4.58. The average Bonchev–Trinajstić information content (AvgIpc) is 2.58. The van der Waals surface area contributed by atoms with Gasteiger partial charge in [0, 0.05) is 11.8 Å². The summed E-state index contributed by atoms with van der Waals surface area (Å²) >= 11 is 5.62. The number of nitrogens with one attached hydrogen (secondary N) is 2. The fraction of sp³-hybridized carbons (Fsp3) is 0.125. The van der Waals surface area contributed by atoms with Crippen LogP contribution in [-0.2, 0) is 9.59 Å². The fourth-order valence-corrected chi connectivity index (χ4v) is 2.02. The molecular weight excluding hydrogens is 339 g/mol. The third-order valence-electron chi connectivity index (χ3n) is 3.04. The largest absolute Gasteiger partial charge is 0.497 e. The first kappa shape index (κ1) is 17.6. The van der Waals surface area contributed by atoms with Crippen LogP contribution in [0.5, 0.6) is 11.5 Å². The third kappa shape index (κ3) is 4.14. The van der Waals surface area contributed by atoms with Crippen molar-refractivity contribution in [2.45, 2.75) is 0 Å². The first-order chi connectivity index (χ1) is 11.4. The summed E-state index contributed by atoms with van der Waals surface area (Å²) < 4.78 is 23.3. The number of anilines is 2. The number of benzene rings is 2. The Bertz CT molecular complexity index is 783. The second-order valence-corrected chi connectivity index (χ2v) is 5.01. The molecule has 0 heterocycles. The average molecular weight is 353 g/mol. The zero-order valence-corrected chi connectivity index (χ0v) is 13.6. The van der Waals surface area contributed by atoms with Crippen LogP contribution in [0.1, 0.15) is 0 Å². The Labute approximate surface area is 142 Å². The number of carbonyl (C=O) groups is 2. The Morgan fingerprint density at radius 1 is 1.00 bits per heavy atom. The van der Waals surface area contributed by atoms with Crippen LogP contribution in [0.15, 0.2) is 36.4 Å². The van der Waals surface area contributed by atoms with Crippen LogP contribution in [0.4, 0.5) is 15.8 Å². The van der Waals surface area contributed by atoms with E-state index >= 15 is 0 Å². The van der Waals surface area contributed by atoms with E-state index in [9.17, 15) is 14.0 Å². The Hall–Kier alpha value is -2.80. The van der Waals surface area contributed by atoms with Crippen molar-refractivity contribution >= 4 is 34.8 Å². The maximum Gasteiger partial charge on any atom is 0.314 e. The molecule has 0 saturated heterocycles. The van der Waals surface area contributed by atoms with E-state index < -0.39 is 17.6 Å². The van der Waals surface area contributed by atoms with Crippen LogP contribution >= 0.6 is 11.6 Å². The fourth-order valence-electron chi connectivity index (χ4n) is 1.84. The Kier molecular flexibility index (Phi) is 5.59. The number of hydrogen-bond donors (Lipinski definition) is 2. The number of halogens is 2. The van der Waals surface area contributed by atoms with Crippen molar-refractivity contribution in [3.05, 3.63) is 47.2 Å². The molecule has 126 valence electrons. The van der Waals surface area contributed by atoms with Gasteiger partial charge in [-0.1, -0.05) is 11.6 Å². The zero-order chi connectivity index (χ0) is 17.7. The highest BCUT2D eigenvalue weighted by Gasteiger charge is 2.17. The van der Waals surface area contributed by atoms with Gasteiger partial charge in [0.05, 0.1) is 24.9 Å². The van der Waals surface area contributed by atoms with Gasteiger partial charge < -0.3 is 20.1 Å². The predicted molar refractivity (Wildman–Crippen MR) is 88.2 cm³/mol. The molecule has 24 heavy (non-hydrogen) atoms. The summed E-state index contributed by atoms with van der Waals surface area (Å²) in [5.74, 6) is -1.60. The van der Waals surface area contributed by atoms with Crippen molar-refractivity contribution < 1.29 is 23.5 Å². The number of ether oxygens (including phenoxy) is 2. The van der Waals surface area contributed by atoms with Gasteiger partial charge in [0.15, 0.2) is 0 Å². The quantitative estimate of drug-likeness (QED) is 0.829. The minimum atomic E-state index is -0.935. The highest BCUT2D eigenvalue weighted by Crippen LogP contribution is 2.29. The normalized spacial score (nSPS) is 10.0. The third-order valence-corrected chi connectivity index (χ3v) is 3.33. The molecule has 2 aromatic carbocycles. The summed E-state index contributed by atoms with van der Waals surface area (Å²) in [6.45, 7) is 0. The van der Waals surface area contributed by atoms with E-state index in [1.54, 1.807) is 12.1 Å². The van der Waals surface area contributed by atoms with E-state index in [-0.39, 0.29) is 10.7 Å². The van der Waals surface area contributed by atoms with Crippen molar-refractivity contribution in [3.63, 3.8) is 0 Å². The maximum absolute atomic E-state index is 13.1. The number of amides is 2.